The quantitative estimate of drug-likeness (QED) is 0.885. The second-order valence-corrected chi connectivity index (χ2v) is 6.40. The van der Waals surface area contributed by atoms with Crippen molar-refractivity contribution in [3.05, 3.63) is 63.6 Å². The number of carbonyl (C=O) groups is 2. The van der Waals surface area contributed by atoms with E-state index >= 15 is 0 Å². The van der Waals surface area contributed by atoms with Gasteiger partial charge in [0.05, 0.1) is 23.9 Å². The van der Waals surface area contributed by atoms with E-state index in [1.54, 1.807) is 47.4 Å². The van der Waals surface area contributed by atoms with Crippen LogP contribution < -0.4 is 5.32 Å². The van der Waals surface area contributed by atoms with Gasteiger partial charge in [0, 0.05) is 29.2 Å². The van der Waals surface area contributed by atoms with Crippen molar-refractivity contribution in [3.8, 4) is 0 Å². The Bertz CT molecular complexity index is 787. The number of ether oxygens (including phenoxy) is 1. The van der Waals surface area contributed by atoms with E-state index in [0.29, 0.717) is 53.2 Å². The average molecular weight is 379 g/mol. The van der Waals surface area contributed by atoms with Gasteiger partial charge in [0.1, 0.15) is 0 Å². The van der Waals surface area contributed by atoms with Crippen LogP contribution >= 0.6 is 23.2 Å². The Balaban J connectivity index is 1.70. The minimum atomic E-state index is -0.325. The lowest BCUT2D eigenvalue weighted by atomic mass is 10.1. The standard InChI is InChI=1S/C18H16Cl2N2O3/c19-14-5-6-15(20)16(11-14)21-17(23)12-1-3-13(4-2-12)18(24)22-7-9-25-10-8-22/h1-6,11H,7-10H2,(H,21,23). The molecule has 3 rings (SSSR count). The maximum Gasteiger partial charge on any atom is 0.255 e. The lowest BCUT2D eigenvalue weighted by molar-refractivity contribution is 0.0303. The first-order valence-electron chi connectivity index (χ1n) is 7.78. The molecule has 1 aliphatic rings. The monoisotopic (exact) mass is 378 g/mol. The van der Waals surface area contributed by atoms with Crippen molar-refractivity contribution in [3.63, 3.8) is 0 Å². The Morgan fingerprint density at radius 3 is 2.28 bits per heavy atom. The minimum absolute atomic E-state index is 0.0619. The fourth-order valence-electron chi connectivity index (χ4n) is 2.50. The lowest BCUT2D eigenvalue weighted by Gasteiger charge is -2.26. The van der Waals surface area contributed by atoms with Crippen LogP contribution in [0.2, 0.25) is 10.0 Å². The molecule has 2 aromatic rings. The number of nitrogens with zero attached hydrogens (tertiary/aromatic N) is 1. The largest absolute Gasteiger partial charge is 0.378 e. The van der Waals surface area contributed by atoms with Gasteiger partial charge in [-0.15, -0.1) is 0 Å². The summed E-state index contributed by atoms with van der Waals surface area (Å²) in [6.07, 6.45) is 0. The summed E-state index contributed by atoms with van der Waals surface area (Å²) >= 11 is 12.0. The topological polar surface area (TPSA) is 58.6 Å². The average Bonchev–Trinajstić information content (AvgIpc) is 2.65. The van der Waals surface area contributed by atoms with E-state index in [-0.39, 0.29) is 11.8 Å². The highest BCUT2D eigenvalue weighted by atomic mass is 35.5. The first-order chi connectivity index (χ1) is 12.0. The predicted molar refractivity (Wildman–Crippen MR) is 97.6 cm³/mol. The van der Waals surface area contributed by atoms with E-state index in [1.807, 2.05) is 0 Å². The van der Waals surface area contributed by atoms with Crippen LogP contribution in [-0.4, -0.2) is 43.0 Å². The molecule has 0 aliphatic carbocycles. The maximum absolute atomic E-state index is 12.4. The lowest BCUT2D eigenvalue weighted by Crippen LogP contribution is -2.40. The van der Waals surface area contributed by atoms with Gasteiger partial charge in [-0.25, -0.2) is 0 Å². The molecule has 0 spiro atoms. The van der Waals surface area contributed by atoms with Crippen LogP contribution in [0.3, 0.4) is 0 Å². The third kappa shape index (κ3) is 4.31. The van der Waals surface area contributed by atoms with Gasteiger partial charge >= 0.3 is 0 Å². The first kappa shape index (κ1) is 17.7. The van der Waals surface area contributed by atoms with Crippen LogP contribution in [0.25, 0.3) is 0 Å². The Hall–Kier alpha value is -2.08. The zero-order valence-corrected chi connectivity index (χ0v) is 14.8. The highest BCUT2D eigenvalue weighted by molar-refractivity contribution is 6.35. The van der Waals surface area contributed by atoms with E-state index in [2.05, 4.69) is 5.32 Å². The fourth-order valence-corrected chi connectivity index (χ4v) is 2.84. The SMILES string of the molecule is O=C(Nc1cc(Cl)ccc1Cl)c1ccc(C(=O)N2CCOCC2)cc1. The molecular formula is C18H16Cl2N2O3. The molecule has 2 aromatic carbocycles. The summed E-state index contributed by atoms with van der Waals surface area (Å²) in [5, 5.41) is 3.59. The zero-order chi connectivity index (χ0) is 17.8. The zero-order valence-electron chi connectivity index (χ0n) is 13.3. The summed E-state index contributed by atoms with van der Waals surface area (Å²) in [6, 6.07) is 11.4. The molecule has 1 N–H and O–H groups in total. The molecule has 7 heteroatoms. The molecule has 5 nitrogen and oxygen atoms in total. The molecule has 130 valence electrons. The molecule has 1 heterocycles. The van der Waals surface area contributed by atoms with Crippen molar-refractivity contribution in [2.75, 3.05) is 31.6 Å². The van der Waals surface area contributed by atoms with Gasteiger partial charge in [0.25, 0.3) is 11.8 Å². The number of anilines is 1. The van der Waals surface area contributed by atoms with E-state index in [4.69, 9.17) is 27.9 Å². The number of benzene rings is 2. The summed E-state index contributed by atoms with van der Waals surface area (Å²) in [7, 11) is 0. The van der Waals surface area contributed by atoms with Crippen molar-refractivity contribution in [1.82, 2.24) is 4.90 Å². The highest BCUT2D eigenvalue weighted by Crippen LogP contribution is 2.26. The van der Waals surface area contributed by atoms with Crippen LogP contribution in [0.15, 0.2) is 42.5 Å². The summed E-state index contributed by atoms with van der Waals surface area (Å²) in [5.41, 5.74) is 1.40. The van der Waals surface area contributed by atoms with Crippen LogP contribution in [0.1, 0.15) is 20.7 Å². The third-order valence-electron chi connectivity index (χ3n) is 3.87. The van der Waals surface area contributed by atoms with Gasteiger partial charge in [0.2, 0.25) is 0 Å². The number of rotatable bonds is 3. The van der Waals surface area contributed by atoms with Crippen molar-refractivity contribution >= 4 is 40.7 Å². The molecule has 0 bridgehead atoms. The molecule has 0 atom stereocenters. The normalized spacial score (nSPS) is 14.2. The molecular weight excluding hydrogens is 363 g/mol. The van der Waals surface area contributed by atoms with Gasteiger partial charge in [-0.3, -0.25) is 9.59 Å². The summed E-state index contributed by atoms with van der Waals surface area (Å²) in [4.78, 5) is 26.5. The number of morpholine rings is 1. The Morgan fingerprint density at radius 2 is 1.60 bits per heavy atom. The Kier molecular flexibility index (Phi) is 5.58. The molecule has 0 aromatic heterocycles. The van der Waals surface area contributed by atoms with E-state index < -0.39 is 0 Å². The maximum atomic E-state index is 12.4. The van der Waals surface area contributed by atoms with Gasteiger partial charge < -0.3 is 15.0 Å². The van der Waals surface area contributed by atoms with Gasteiger partial charge in [-0.2, -0.15) is 0 Å². The van der Waals surface area contributed by atoms with Crippen LogP contribution in [-0.2, 0) is 4.74 Å². The smallest absolute Gasteiger partial charge is 0.255 e. The fraction of sp³-hybridized carbons (Fsp3) is 0.222. The van der Waals surface area contributed by atoms with Crippen molar-refractivity contribution in [2.24, 2.45) is 0 Å². The molecule has 1 aliphatic heterocycles. The van der Waals surface area contributed by atoms with Crippen molar-refractivity contribution in [1.29, 1.82) is 0 Å². The van der Waals surface area contributed by atoms with Gasteiger partial charge in [-0.1, -0.05) is 23.2 Å². The predicted octanol–water partition coefficient (Wildman–Crippen LogP) is 3.72. The third-order valence-corrected chi connectivity index (χ3v) is 4.43. The highest BCUT2D eigenvalue weighted by Gasteiger charge is 2.19. The molecule has 2 amide bonds. The van der Waals surface area contributed by atoms with Crippen LogP contribution in [0.4, 0.5) is 5.69 Å². The van der Waals surface area contributed by atoms with Crippen LogP contribution in [0.5, 0.6) is 0 Å². The number of hydrogen-bond acceptors (Lipinski definition) is 3. The second kappa shape index (κ2) is 7.87. The number of hydrogen-bond donors (Lipinski definition) is 1. The molecule has 0 radical (unpaired) electrons. The second-order valence-electron chi connectivity index (χ2n) is 5.56. The number of halogens is 2. The van der Waals surface area contributed by atoms with Gasteiger partial charge in [-0.05, 0) is 42.5 Å². The molecule has 1 saturated heterocycles. The van der Waals surface area contributed by atoms with Crippen molar-refractivity contribution in [2.45, 2.75) is 0 Å². The van der Waals surface area contributed by atoms with E-state index in [0.717, 1.165) is 0 Å². The van der Waals surface area contributed by atoms with E-state index in [1.165, 1.54) is 0 Å². The molecule has 0 saturated carbocycles. The first-order valence-corrected chi connectivity index (χ1v) is 8.53. The Labute approximate surface area is 155 Å². The summed E-state index contributed by atoms with van der Waals surface area (Å²) in [6.45, 7) is 2.25. The Morgan fingerprint density at radius 1 is 0.960 bits per heavy atom. The van der Waals surface area contributed by atoms with Crippen molar-refractivity contribution < 1.29 is 14.3 Å². The van der Waals surface area contributed by atoms with E-state index in [9.17, 15) is 9.59 Å². The summed E-state index contributed by atoms with van der Waals surface area (Å²) in [5.74, 6) is -0.386. The number of nitrogens with one attached hydrogen (secondary N) is 1. The minimum Gasteiger partial charge on any atom is -0.378 e. The molecule has 0 unspecified atom stereocenters. The molecule has 25 heavy (non-hydrogen) atoms. The number of amides is 2. The van der Waals surface area contributed by atoms with Crippen LogP contribution in [0, 0.1) is 0 Å². The van der Waals surface area contributed by atoms with Gasteiger partial charge in [0.15, 0.2) is 0 Å². The molecule has 1 fully saturated rings. The summed E-state index contributed by atoms with van der Waals surface area (Å²) < 4.78 is 5.24. The number of carbonyl (C=O) groups excluding carboxylic acids is 2.